The van der Waals surface area contributed by atoms with E-state index in [1.807, 2.05) is 6.92 Å². The third kappa shape index (κ3) is 3.11. The first kappa shape index (κ1) is 17.4. The first-order valence-electron chi connectivity index (χ1n) is 8.67. The van der Waals surface area contributed by atoms with E-state index in [1.165, 1.54) is 9.13 Å². The van der Waals surface area contributed by atoms with Gasteiger partial charge < -0.3 is 9.64 Å². The number of ether oxygens (including phenoxy) is 1. The second-order valence-corrected chi connectivity index (χ2v) is 6.24. The lowest BCUT2D eigenvalue weighted by Gasteiger charge is -2.30. The summed E-state index contributed by atoms with van der Waals surface area (Å²) >= 11 is 0. The van der Waals surface area contributed by atoms with Gasteiger partial charge in [-0.15, -0.1) is 0 Å². The quantitative estimate of drug-likeness (QED) is 0.828. The Labute approximate surface area is 145 Å². The van der Waals surface area contributed by atoms with Crippen LogP contribution in [0.4, 0.5) is 0 Å². The van der Waals surface area contributed by atoms with Gasteiger partial charge in [-0.2, -0.15) is 0 Å². The normalized spacial score (nSPS) is 16.2. The summed E-state index contributed by atoms with van der Waals surface area (Å²) in [5.74, 6) is -0.128. The largest absolute Gasteiger partial charge is 0.378 e. The zero-order valence-electron chi connectivity index (χ0n) is 14.6. The summed E-state index contributed by atoms with van der Waals surface area (Å²) in [5.41, 5.74) is -0.233. The molecule has 1 aliphatic rings. The molecule has 0 spiro atoms. The fraction of sp³-hybridized carbons (Fsp3) is 0.500. The van der Waals surface area contributed by atoms with Gasteiger partial charge in [0, 0.05) is 19.6 Å². The number of rotatable bonds is 4. The number of carbonyl (C=O) groups excluding carboxylic acids is 1. The van der Waals surface area contributed by atoms with E-state index < -0.39 is 11.7 Å². The molecule has 1 saturated heterocycles. The molecule has 134 valence electrons. The number of carbonyl (C=O) groups is 1. The molecule has 25 heavy (non-hydrogen) atoms. The summed E-state index contributed by atoms with van der Waals surface area (Å²) in [6, 6.07) is 6.28. The number of aromatic nitrogens is 2. The van der Waals surface area contributed by atoms with Crippen molar-refractivity contribution < 1.29 is 9.53 Å². The van der Waals surface area contributed by atoms with Crippen molar-refractivity contribution in [1.29, 1.82) is 0 Å². The molecule has 0 unspecified atom stereocenters. The summed E-state index contributed by atoms with van der Waals surface area (Å²) < 4.78 is 7.96. The van der Waals surface area contributed by atoms with Gasteiger partial charge in [-0.25, -0.2) is 4.79 Å². The van der Waals surface area contributed by atoms with Gasteiger partial charge >= 0.3 is 5.69 Å². The predicted molar refractivity (Wildman–Crippen MR) is 94.9 cm³/mol. The number of hydrogen-bond donors (Lipinski definition) is 0. The molecule has 1 aromatic carbocycles. The number of nitrogens with zero attached hydrogens (tertiary/aromatic N) is 3. The highest BCUT2D eigenvalue weighted by Crippen LogP contribution is 2.16. The van der Waals surface area contributed by atoms with Gasteiger partial charge in [0.2, 0.25) is 5.91 Å². The molecule has 0 aliphatic carbocycles. The highest BCUT2D eigenvalue weighted by Gasteiger charge is 2.26. The van der Waals surface area contributed by atoms with Crippen LogP contribution in [0.2, 0.25) is 0 Å². The third-order valence-corrected chi connectivity index (χ3v) is 4.59. The van der Waals surface area contributed by atoms with Crippen LogP contribution in [0.5, 0.6) is 0 Å². The number of morpholine rings is 1. The van der Waals surface area contributed by atoms with Crippen LogP contribution in [0.1, 0.15) is 26.3 Å². The highest BCUT2D eigenvalue weighted by atomic mass is 16.5. The fourth-order valence-electron chi connectivity index (χ4n) is 3.28. The maximum absolute atomic E-state index is 13.0. The van der Waals surface area contributed by atoms with Crippen LogP contribution in [0.3, 0.4) is 0 Å². The molecular weight excluding hydrogens is 322 g/mol. The van der Waals surface area contributed by atoms with Gasteiger partial charge in [-0.1, -0.05) is 19.1 Å². The predicted octanol–water partition coefficient (Wildman–Crippen LogP) is 0.993. The van der Waals surface area contributed by atoms with Crippen LogP contribution >= 0.6 is 0 Å². The molecule has 1 atom stereocenters. The van der Waals surface area contributed by atoms with Crippen molar-refractivity contribution >= 4 is 16.8 Å². The Kier molecular flexibility index (Phi) is 5.03. The van der Waals surface area contributed by atoms with Gasteiger partial charge in [-0.05, 0) is 25.5 Å². The van der Waals surface area contributed by atoms with E-state index >= 15 is 0 Å². The lowest BCUT2D eigenvalue weighted by Crippen LogP contribution is -2.48. The van der Waals surface area contributed by atoms with E-state index in [0.29, 0.717) is 50.2 Å². The van der Waals surface area contributed by atoms with Crippen LogP contribution in [0.15, 0.2) is 33.9 Å². The Bertz CT molecular complexity index is 893. The minimum absolute atomic E-state index is 0.128. The first-order chi connectivity index (χ1) is 12.1. The average Bonchev–Trinajstić information content (AvgIpc) is 2.65. The van der Waals surface area contributed by atoms with Crippen LogP contribution in [0.25, 0.3) is 10.9 Å². The second kappa shape index (κ2) is 7.23. The van der Waals surface area contributed by atoms with Crippen LogP contribution in [-0.4, -0.2) is 46.2 Å². The second-order valence-electron chi connectivity index (χ2n) is 6.24. The topological polar surface area (TPSA) is 73.5 Å². The van der Waals surface area contributed by atoms with Crippen molar-refractivity contribution in [2.24, 2.45) is 0 Å². The lowest BCUT2D eigenvalue weighted by atomic mass is 10.2. The minimum Gasteiger partial charge on any atom is -0.378 e. The number of fused-ring (bicyclic) bond motifs is 1. The van der Waals surface area contributed by atoms with Crippen LogP contribution < -0.4 is 11.2 Å². The molecule has 0 bridgehead atoms. The Balaban J connectivity index is 2.15. The van der Waals surface area contributed by atoms with Crippen molar-refractivity contribution in [1.82, 2.24) is 14.0 Å². The molecule has 0 saturated carbocycles. The highest BCUT2D eigenvalue weighted by molar-refractivity contribution is 5.84. The first-order valence-corrected chi connectivity index (χ1v) is 8.67. The Morgan fingerprint density at radius 1 is 1.20 bits per heavy atom. The molecule has 7 heteroatoms. The van der Waals surface area contributed by atoms with Gasteiger partial charge in [0.1, 0.15) is 6.04 Å². The van der Waals surface area contributed by atoms with Gasteiger partial charge in [0.05, 0.1) is 24.1 Å². The van der Waals surface area contributed by atoms with Crippen molar-refractivity contribution in [3.05, 3.63) is 45.1 Å². The SMILES string of the molecule is CCCn1c(=O)c2ccccc2n([C@@H](C)C(=O)N2CCOCC2)c1=O. The van der Waals surface area contributed by atoms with E-state index in [0.717, 1.165) is 0 Å². The van der Waals surface area contributed by atoms with Crippen LogP contribution in [0, 0.1) is 0 Å². The average molecular weight is 345 g/mol. The standard InChI is InChI=1S/C18H23N3O4/c1-3-8-20-17(23)14-6-4-5-7-15(14)21(18(20)24)13(2)16(22)19-9-11-25-12-10-19/h4-7,13H,3,8-12H2,1-2H3/t13-/m0/s1. The van der Waals surface area contributed by atoms with E-state index in [4.69, 9.17) is 4.74 Å². The smallest absolute Gasteiger partial charge is 0.332 e. The van der Waals surface area contributed by atoms with Gasteiger partial charge in [-0.3, -0.25) is 18.7 Å². The molecule has 7 nitrogen and oxygen atoms in total. The molecule has 2 aromatic rings. The zero-order chi connectivity index (χ0) is 18.0. The lowest BCUT2D eigenvalue weighted by molar-refractivity contribution is -0.138. The monoisotopic (exact) mass is 345 g/mol. The number of hydrogen-bond acceptors (Lipinski definition) is 4. The van der Waals surface area contributed by atoms with Crippen molar-refractivity contribution in [3.63, 3.8) is 0 Å². The zero-order valence-corrected chi connectivity index (χ0v) is 14.6. The van der Waals surface area contributed by atoms with E-state index in [2.05, 4.69) is 0 Å². The van der Waals surface area contributed by atoms with Crippen molar-refractivity contribution in [2.45, 2.75) is 32.9 Å². The Morgan fingerprint density at radius 3 is 2.56 bits per heavy atom. The maximum Gasteiger partial charge on any atom is 0.332 e. The van der Waals surface area contributed by atoms with E-state index in [1.54, 1.807) is 36.1 Å². The summed E-state index contributed by atoms with van der Waals surface area (Å²) in [6.45, 7) is 6.00. The summed E-state index contributed by atoms with van der Waals surface area (Å²) in [6.07, 6.45) is 0.666. The molecule has 0 N–H and O–H groups in total. The van der Waals surface area contributed by atoms with Gasteiger partial charge in [0.15, 0.2) is 0 Å². The molecule has 3 rings (SSSR count). The summed E-state index contributed by atoms with van der Waals surface area (Å²) in [5, 5.41) is 0.456. The maximum atomic E-state index is 13.0. The fourth-order valence-corrected chi connectivity index (χ4v) is 3.28. The molecule has 1 aromatic heterocycles. The number of amides is 1. The van der Waals surface area contributed by atoms with Crippen molar-refractivity contribution in [3.8, 4) is 0 Å². The molecule has 1 amide bonds. The molecule has 0 radical (unpaired) electrons. The summed E-state index contributed by atoms with van der Waals surface area (Å²) in [7, 11) is 0. The third-order valence-electron chi connectivity index (χ3n) is 4.59. The van der Waals surface area contributed by atoms with E-state index in [-0.39, 0.29) is 11.5 Å². The minimum atomic E-state index is -0.681. The molecule has 2 heterocycles. The van der Waals surface area contributed by atoms with Crippen molar-refractivity contribution in [2.75, 3.05) is 26.3 Å². The summed E-state index contributed by atoms with van der Waals surface area (Å²) in [4.78, 5) is 40.2. The number of para-hydroxylation sites is 1. The molecular formula is C18H23N3O4. The van der Waals surface area contributed by atoms with Crippen LogP contribution in [-0.2, 0) is 16.1 Å². The molecule has 1 fully saturated rings. The van der Waals surface area contributed by atoms with E-state index in [9.17, 15) is 14.4 Å². The molecule has 1 aliphatic heterocycles. The Morgan fingerprint density at radius 2 is 1.88 bits per heavy atom. The Hall–Kier alpha value is -2.41. The van der Waals surface area contributed by atoms with Gasteiger partial charge in [0.25, 0.3) is 5.56 Å². The number of benzene rings is 1.